The number of aliphatic hydroxyl groups is 1. The van der Waals surface area contributed by atoms with E-state index < -0.39 is 40.6 Å². The van der Waals surface area contributed by atoms with Crippen molar-refractivity contribution in [2.45, 2.75) is 36.8 Å². The van der Waals surface area contributed by atoms with Gasteiger partial charge in [-0.2, -0.15) is 38.1 Å². The molecule has 0 unspecified atom stereocenters. The van der Waals surface area contributed by atoms with Gasteiger partial charge in [0.15, 0.2) is 0 Å². The zero-order valence-electron chi connectivity index (χ0n) is 17.8. The van der Waals surface area contributed by atoms with Crippen molar-refractivity contribution >= 4 is 35.0 Å². The molecule has 1 aliphatic rings. The maximum absolute atomic E-state index is 13.9. The second-order valence-corrected chi connectivity index (χ2v) is 9.25. The Kier molecular flexibility index (Phi) is 7.69. The standard InChI is InChI=1S/C22H21ClF6N2O2S/c1-34-10-19(32)31-18-5-2-12-6-16(3-4-17(12)18)30-11-20(33,22(27,28)29)13-7-14(21(24,25)26)9-15(23)8-13/h3-4,6-9,18,30,33H,2,5,10-11H2,1H3,(H,31,32)/t18-,20-/m0/s1. The van der Waals surface area contributed by atoms with E-state index in [1.54, 1.807) is 18.4 Å². The minimum absolute atomic E-state index is 0.123. The second kappa shape index (κ2) is 9.87. The summed E-state index contributed by atoms with van der Waals surface area (Å²) < 4.78 is 80.9. The number of hydrogen-bond acceptors (Lipinski definition) is 4. The first-order valence-electron chi connectivity index (χ1n) is 10.1. The normalized spacial score (nSPS) is 17.7. The molecule has 0 aromatic heterocycles. The minimum Gasteiger partial charge on any atom is -0.381 e. The Bertz CT molecular complexity index is 1060. The molecule has 0 aliphatic heterocycles. The number of nitrogens with one attached hydrogen (secondary N) is 2. The van der Waals surface area contributed by atoms with E-state index in [1.165, 1.54) is 17.8 Å². The third-order valence-corrected chi connectivity index (χ3v) is 6.32. The highest BCUT2D eigenvalue weighted by molar-refractivity contribution is 7.99. The van der Waals surface area contributed by atoms with E-state index in [-0.39, 0.29) is 23.7 Å². The maximum atomic E-state index is 13.9. The topological polar surface area (TPSA) is 61.4 Å². The molecule has 186 valence electrons. The molecule has 0 saturated heterocycles. The lowest BCUT2D eigenvalue weighted by molar-refractivity contribution is -0.260. The Hall–Kier alpha value is -2.11. The first kappa shape index (κ1) is 26.5. The van der Waals surface area contributed by atoms with Crippen molar-refractivity contribution in [2.24, 2.45) is 0 Å². The van der Waals surface area contributed by atoms with Crippen LogP contribution in [0.5, 0.6) is 0 Å². The predicted octanol–water partition coefficient (Wildman–Crippen LogP) is 5.69. The first-order valence-corrected chi connectivity index (χ1v) is 11.8. The highest BCUT2D eigenvalue weighted by Crippen LogP contribution is 2.42. The number of carbonyl (C=O) groups excluding carboxylic acids is 1. The molecule has 1 amide bonds. The summed E-state index contributed by atoms with van der Waals surface area (Å²) in [5.41, 5.74) is -4.15. The second-order valence-electron chi connectivity index (χ2n) is 7.94. The molecule has 3 N–H and O–H groups in total. The summed E-state index contributed by atoms with van der Waals surface area (Å²) in [4.78, 5) is 11.9. The van der Waals surface area contributed by atoms with Crippen LogP contribution in [-0.4, -0.2) is 35.7 Å². The van der Waals surface area contributed by atoms with Gasteiger partial charge in [-0.25, -0.2) is 0 Å². The van der Waals surface area contributed by atoms with Gasteiger partial charge in [0.2, 0.25) is 11.5 Å². The van der Waals surface area contributed by atoms with Crippen LogP contribution in [-0.2, 0) is 23.0 Å². The summed E-state index contributed by atoms with van der Waals surface area (Å²) in [6.07, 6.45) is -7.22. The molecule has 2 aromatic carbocycles. The predicted molar refractivity (Wildman–Crippen MR) is 119 cm³/mol. The van der Waals surface area contributed by atoms with Crippen molar-refractivity contribution in [3.8, 4) is 0 Å². The Labute approximate surface area is 201 Å². The summed E-state index contributed by atoms with van der Waals surface area (Å²) in [6.45, 7) is -1.14. The lowest BCUT2D eigenvalue weighted by Gasteiger charge is -2.32. The maximum Gasteiger partial charge on any atom is 0.423 e. The lowest BCUT2D eigenvalue weighted by atomic mass is 9.91. The molecule has 0 heterocycles. The number of thioether (sulfide) groups is 1. The first-order chi connectivity index (χ1) is 15.7. The van der Waals surface area contributed by atoms with Crippen molar-refractivity contribution in [1.29, 1.82) is 0 Å². The van der Waals surface area contributed by atoms with E-state index in [2.05, 4.69) is 10.6 Å². The third-order valence-electron chi connectivity index (χ3n) is 5.55. The number of rotatable bonds is 7. The van der Waals surface area contributed by atoms with Crippen LogP contribution < -0.4 is 10.6 Å². The average molecular weight is 527 g/mol. The largest absolute Gasteiger partial charge is 0.423 e. The van der Waals surface area contributed by atoms with Crippen molar-refractivity contribution in [2.75, 3.05) is 23.9 Å². The number of hydrogen-bond donors (Lipinski definition) is 3. The van der Waals surface area contributed by atoms with Crippen LogP contribution in [0.15, 0.2) is 36.4 Å². The summed E-state index contributed by atoms with van der Waals surface area (Å²) in [6, 6.07) is 5.96. The van der Waals surface area contributed by atoms with Gasteiger partial charge in [-0.05, 0) is 66.1 Å². The van der Waals surface area contributed by atoms with Crippen molar-refractivity contribution < 1.29 is 36.2 Å². The smallest absolute Gasteiger partial charge is 0.381 e. The van der Waals surface area contributed by atoms with Crippen LogP contribution in [0.3, 0.4) is 0 Å². The Morgan fingerprint density at radius 2 is 1.79 bits per heavy atom. The zero-order chi connectivity index (χ0) is 25.3. The molecule has 0 bridgehead atoms. The van der Waals surface area contributed by atoms with Gasteiger partial charge in [0.1, 0.15) is 0 Å². The average Bonchev–Trinajstić information content (AvgIpc) is 3.12. The molecular weight excluding hydrogens is 506 g/mol. The minimum atomic E-state index is -5.29. The Morgan fingerprint density at radius 3 is 2.41 bits per heavy atom. The van der Waals surface area contributed by atoms with Gasteiger partial charge >= 0.3 is 12.4 Å². The zero-order valence-corrected chi connectivity index (χ0v) is 19.4. The fourth-order valence-electron chi connectivity index (χ4n) is 3.83. The summed E-state index contributed by atoms with van der Waals surface area (Å²) >= 11 is 7.01. The van der Waals surface area contributed by atoms with E-state index in [1.807, 2.05) is 0 Å². The van der Waals surface area contributed by atoms with Crippen molar-refractivity contribution in [3.05, 3.63) is 63.7 Å². The van der Waals surface area contributed by atoms with Crippen LogP contribution in [0.25, 0.3) is 0 Å². The summed E-state index contributed by atoms with van der Waals surface area (Å²) in [5.74, 6) is 0.184. The quantitative estimate of drug-likeness (QED) is 0.406. The van der Waals surface area contributed by atoms with E-state index in [0.29, 0.717) is 30.7 Å². The number of aryl methyl sites for hydroxylation is 1. The van der Waals surface area contributed by atoms with Crippen LogP contribution >= 0.6 is 23.4 Å². The number of fused-ring (bicyclic) bond motifs is 1. The SMILES string of the molecule is CSCC(=O)N[C@H]1CCc2cc(NC[C@](O)(c3cc(Cl)cc(C(F)(F)F)c3)C(F)(F)F)ccc21. The van der Waals surface area contributed by atoms with E-state index in [9.17, 15) is 36.2 Å². The number of carbonyl (C=O) groups is 1. The van der Waals surface area contributed by atoms with Crippen LogP contribution in [0, 0.1) is 0 Å². The van der Waals surface area contributed by atoms with E-state index in [4.69, 9.17) is 11.6 Å². The molecule has 0 saturated carbocycles. The number of anilines is 1. The molecule has 0 fully saturated rings. The Balaban J connectivity index is 1.84. The molecule has 0 spiro atoms. The number of benzene rings is 2. The van der Waals surface area contributed by atoms with Crippen molar-refractivity contribution in [3.63, 3.8) is 0 Å². The van der Waals surface area contributed by atoms with Crippen molar-refractivity contribution in [1.82, 2.24) is 5.32 Å². The van der Waals surface area contributed by atoms with Gasteiger partial charge in [-0.15, -0.1) is 0 Å². The summed E-state index contributed by atoms with van der Waals surface area (Å²) in [5, 5.41) is 15.3. The monoisotopic (exact) mass is 526 g/mol. The van der Waals surface area contributed by atoms with Crippen LogP contribution in [0.4, 0.5) is 32.0 Å². The third kappa shape index (κ3) is 5.75. The summed E-state index contributed by atoms with van der Waals surface area (Å²) in [7, 11) is 0. The van der Waals surface area contributed by atoms with Gasteiger partial charge < -0.3 is 15.7 Å². The lowest BCUT2D eigenvalue weighted by Crippen LogP contribution is -2.48. The molecule has 1 aliphatic carbocycles. The molecule has 3 rings (SSSR count). The molecule has 0 radical (unpaired) electrons. The highest BCUT2D eigenvalue weighted by atomic mass is 35.5. The van der Waals surface area contributed by atoms with Crippen LogP contribution in [0.2, 0.25) is 5.02 Å². The van der Waals surface area contributed by atoms with Gasteiger partial charge in [0.25, 0.3) is 0 Å². The molecular formula is C22H21ClF6N2O2S. The molecule has 2 atom stereocenters. The van der Waals surface area contributed by atoms with Gasteiger partial charge in [-0.3, -0.25) is 4.79 Å². The highest BCUT2D eigenvalue weighted by Gasteiger charge is 2.55. The molecule has 12 heteroatoms. The fourth-order valence-corrected chi connectivity index (χ4v) is 4.41. The Morgan fingerprint density at radius 1 is 1.12 bits per heavy atom. The van der Waals surface area contributed by atoms with Gasteiger partial charge in [0.05, 0.1) is 23.9 Å². The molecule has 2 aromatic rings. The number of halogens is 7. The molecule has 4 nitrogen and oxygen atoms in total. The number of alkyl halides is 6. The van der Waals surface area contributed by atoms with Crippen LogP contribution in [0.1, 0.15) is 34.7 Å². The molecule has 34 heavy (non-hydrogen) atoms. The van der Waals surface area contributed by atoms with E-state index >= 15 is 0 Å². The van der Waals surface area contributed by atoms with Gasteiger partial charge in [0, 0.05) is 10.7 Å². The van der Waals surface area contributed by atoms with E-state index in [0.717, 1.165) is 11.1 Å². The van der Waals surface area contributed by atoms with Gasteiger partial charge in [-0.1, -0.05) is 17.7 Å². The fraction of sp³-hybridized carbons (Fsp3) is 0.409. The number of amides is 1.